The van der Waals surface area contributed by atoms with Gasteiger partial charge in [0.25, 0.3) is 5.91 Å². The molecule has 2 N–H and O–H groups in total. The zero-order valence-corrected chi connectivity index (χ0v) is 14.5. The number of amides is 2. The van der Waals surface area contributed by atoms with E-state index in [0.29, 0.717) is 24.3 Å². The number of carbonyl (C=O) groups excluding carboxylic acids is 2. The molecule has 4 rings (SSSR count). The molecule has 1 aliphatic carbocycles. The Hall–Kier alpha value is -2.35. The van der Waals surface area contributed by atoms with Crippen LogP contribution in [-0.2, 0) is 17.8 Å². The molecule has 0 atom stereocenters. The number of nitrogens with zero attached hydrogens (tertiary/aromatic N) is 3. The van der Waals surface area contributed by atoms with Crippen LogP contribution in [0.15, 0.2) is 29.7 Å². The second-order valence-corrected chi connectivity index (χ2v) is 7.32. The number of imidazole rings is 1. The summed E-state index contributed by atoms with van der Waals surface area (Å²) in [6.45, 7) is 1.53. The van der Waals surface area contributed by atoms with E-state index in [0.717, 1.165) is 36.0 Å². The lowest BCUT2D eigenvalue weighted by atomic mass is 10.2. The molecule has 0 radical (unpaired) electrons. The van der Waals surface area contributed by atoms with E-state index in [1.165, 1.54) is 6.20 Å². The summed E-state index contributed by atoms with van der Waals surface area (Å²) in [5, 5.41) is 6.71. The number of hydrogen-bond donors (Lipinski definition) is 2. The molecule has 0 spiro atoms. The van der Waals surface area contributed by atoms with Crippen molar-refractivity contribution in [3.8, 4) is 0 Å². The second-order valence-electron chi connectivity index (χ2n) is 6.26. The molecule has 0 saturated heterocycles. The molecule has 25 heavy (non-hydrogen) atoms. The Morgan fingerprint density at radius 1 is 1.36 bits per heavy atom. The number of thioether (sulfide) groups is 1. The number of anilines is 1. The molecule has 0 aromatic carbocycles. The number of pyridine rings is 1. The minimum Gasteiger partial charge on any atom is -0.352 e. The van der Waals surface area contributed by atoms with Gasteiger partial charge in [-0.2, -0.15) is 0 Å². The summed E-state index contributed by atoms with van der Waals surface area (Å²) in [7, 11) is 0. The van der Waals surface area contributed by atoms with Crippen molar-refractivity contribution in [2.45, 2.75) is 31.0 Å². The zero-order valence-electron chi connectivity index (χ0n) is 13.7. The molecule has 2 aromatic rings. The third-order valence-electron chi connectivity index (χ3n) is 4.24. The fourth-order valence-electron chi connectivity index (χ4n) is 2.70. The van der Waals surface area contributed by atoms with Crippen molar-refractivity contribution >= 4 is 29.4 Å². The van der Waals surface area contributed by atoms with Gasteiger partial charge >= 0.3 is 0 Å². The minimum absolute atomic E-state index is 0.0178. The van der Waals surface area contributed by atoms with E-state index in [2.05, 4.69) is 31.4 Å². The summed E-state index contributed by atoms with van der Waals surface area (Å²) in [4.78, 5) is 32.7. The van der Waals surface area contributed by atoms with Crippen LogP contribution in [0.3, 0.4) is 0 Å². The predicted molar refractivity (Wildman–Crippen MR) is 94.6 cm³/mol. The largest absolute Gasteiger partial charge is 0.352 e. The highest BCUT2D eigenvalue weighted by Crippen LogP contribution is 2.30. The summed E-state index contributed by atoms with van der Waals surface area (Å²) in [5.74, 6) is 1.42. The Morgan fingerprint density at radius 3 is 3.04 bits per heavy atom. The SMILES string of the molecule is O=C(NCCc1cn2c(n1)SCC2)c1ccnc(NC(=O)C2CC2)c1. The van der Waals surface area contributed by atoms with Gasteiger partial charge in [-0.25, -0.2) is 9.97 Å². The maximum absolute atomic E-state index is 12.3. The topological polar surface area (TPSA) is 88.9 Å². The summed E-state index contributed by atoms with van der Waals surface area (Å²) in [6.07, 6.45) is 6.15. The molecular weight excluding hydrogens is 338 g/mol. The third kappa shape index (κ3) is 3.84. The van der Waals surface area contributed by atoms with Crippen LogP contribution in [0, 0.1) is 5.92 Å². The third-order valence-corrected chi connectivity index (χ3v) is 5.21. The lowest BCUT2D eigenvalue weighted by Crippen LogP contribution is -2.26. The van der Waals surface area contributed by atoms with E-state index in [-0.39, 0.29) is 17.7 Å². The van der Waals surface area contributed by atoms with E-state index >= 15 is 0 Å². The van der Waals surface area contributed by atoms with E-state index < -0.39 is 0 Å². The highest BCUT2D eigenvalue weighted by atomic mass is 32.2. The van der Waals surface area contributed by atoms with Crippen molar-refractivity contribution in [2.75, 3.05) is 17.6 Å². The predicted octanol–water partition coefficient (Wildman–Crippen LogP) is 1.70. The average Bonchev–Trinajstić information content (AvgIpc) is 3.26. The van der Waals surface area contributed by atoms with Gasteiger partial charge in [0.2, 0.25) is 5.91 Å². The summed E-state index contributed by atoms with van der Waals surface area (Å²) < 4.78 is 2.15. The number of carbonyl (C=O) groups is 2. The van der Waals surface area contributed by atoms with Gasteiger partial charge in [0.05, 0.1) is 5.69 Å². The molecule has 8 heteroatoms. The Kier molecular flexibility index (Phi) is 4.44. The number of fused-ring (bicyclic) bond motifs is 1. The first-order valence-corrected chi connectivity index (χ1v) is 9.41. The minimum atomic E-state index is -0.176. The number of hydrogen-bond acceptors (Lipinski definition) is 5. The van der Waals surface area contributed by atoms with Gasteiger partial charge in [-0.3, -0.25) is 9.59 Å². The van der Waals surface area contributed by atoms with Gasteiger partial charge in [0.1, 0.15) is 5.82 Å². The maximum atomic E-state index is 12.3. The standard InChI is InChI=1S/C17H19N5O2S/c23-15(19-6-4-13-10-22-7-8-25-17(22)20-13)12-3-5-18-14(9-12)21-16(24)11-1-2-11/h3,5,9-11H,1-2,4,6-8H2,(H,19,23)(H,18,21,24). The molecule has 130 valence electrons. The van der Waals surface area contributed by atoms with Gasteiger partial charge in [0.15, 0.2) is 5.16 Å². The molecule has 3 heterocycles. The van der Waals surface area contributed by atoms with E-state index in [1.807, 2.05) is 0 Å². The summed E-state index contributed by atoms with van der Waals surface area (Å²) in [5.41, 5.74) is 1.48. The molecule has 1 fully saturated rings. The van der Waals surface area contributed by atoms with Gasteiger partial charge in [-0.15, -0.1) is 0 Å². The molecule has 2 amide bonds. The number of aromatic nitrogens is 3. The smallest absolute Gasteiger partial charge is 0.251 e. The number of aryl methyl sites for hydroxylation is 1. The van der Waals surface area contributed by atoms with Gasteiger partial charge < -0.3 is 15.2 Å². The van der Waals surface area contributed by atoms with Crippen LogP contribution in [0.5, 0.6) is 0 Å². The average molecular weight is 357 g/mol. The van der Waals surface area contributed by atoms with Crippen molar-refractivity contribution in [3.63, 3.8) is 0 Å². The molecule has 1 aliphatic heterocycles. The summed E-state index contributed by atoms with van der Waals surface area (Å²) >= 11 is 1.76. The number of nitrogens with one attached hydrogen (secondary N) is 2. The van der Waals surface area contributed by atoms with Crippen molar-refractivity contribution in [2.24, 2.45) is 5.92 Å². The first kappa shape index (κ1) is 16.1. The molecule has 0 unspecified atom stereocenters. The second kappa shape index (κ2) is 6.87. The van der Waals surface area contributed by atoms with Crippen molar-refractivity contribution < 1.29 is 9.59 Å². The normalized spacial score (nSPS) is 15.7. The van der Waals surface area contributed by atoms with Gasteiger partial charge in [0, 0.05) is 49.1 Å². The van der Waals surface area contributed by atoms with Gasteiger partial charge in [-0.1, -0.05) is 11.8 Å². The van der Waals surface area contributed by atoms with Crippen molar-refractivity contribution in [3.05, 3.63) is 35.8 Å². The molecule has 0 bridgehead atoms. The molecule has 2 aliphatic rings. The first-order chi connectivity index (χ1) is 12.2. The fraction of sp³-hybridized carbons (Fsp3) is 0.412. The summed E-state index contributed by atoms with van der Waals surface area (Å²) in [6, 6.07) is 3.25. The Morgan fingerprint density at radius 2 is 2.24 bits per heavy atom. The van der Waals surface area contributed by atoms with Crippen LogP contribution in [0.4, 0.5) is 5.82 Å². The molecule has 2 aromatic heterocycles. The van der Waals surface area contributed by atoms with Crippen LogP contribution < -0.4 is 10.6 Å². The Bertz CT molecular complexity index is 794. The quantitative estimate of drug-likeness (QED) is 0.821. The van der Waals surface area contributed by atoms with Crippen molar-refractivity contribution in [1.29, 1.82) is 0 Å². The monoisotopic (exact) mass is 357 g/mol. The highest BCUT2D eigenvalue weighted by molar-refractivity contribution is 7.99. The van der Waals surface area contributed by atoms with Crippen LogP contribution in [0.1, 0.15) is 28.9 Å². The molecule has 7 nitrogen and oxygen atoms in total. The van der Waals surface area contributed by atoms with Crippen LogP contribution in [0.25, 0.3) is 0 Å². The Labute approximate surface area is 149 Å². The van der Waals surface area contributed by atoms with Crippen LogP contribution in [0.2, 0.25) is 0 Å². The van der Waals surface area contributed by atoms with Crippen LogP contribution >= 0.6 is 11.8 Å². The van der Waals surface area contributed by atoms with Gasteiger partial charge in [-0.05, 0) is 25.0 Å². The zero-order chi connectivity index (χ0) is 17.2. The fourth-order valence-corrected chi connectivity index (χ4v) is 3.66. The molecular formula is C17H19N5O2S. The van der Waals surface area contributed by atoms with E-state index in [4.69, 9.17) is 0 Å². The Balaban J connectivity index is 1.30. The van der Waals surface area contributed by atoms with Crippen molar-refractivity contribution in [1.82, 2.24) is 19.9 Å². The number of rotatable bonds is 6. The lowest BCUT2D eigenvalue weighted by molar-refractivity contribution is -0.117. The lowest BCUT2D eigenvalue weighted by Gasteiger charge is -2.07. The van der Waals surface area contributed by atoms with Crippen LogP contribution in [-0.4, -0.2) is 38.6 Å². The molecule has 1 saturated carbocycles. The maximum Gasteiger partial charge on any atom is 0.251 e. The highest BCUT2D eigenvalue weighted by Gasteiger charge is 2.29. The first-order valence-electron chi connectivity index (χ1n) is 8.43. The van der Waals surface area contributed by atoms with E-state index in [1.54, 1.807) is 23.9 Å². The van der Waals surface area contributed by atoms with E-state index in [9.17, 15) is 9.59 Å².